The molecule has 1 saturated heterocycles. The van der Waals surface area contributed by atoms with Gasteiger partial charge in [-0.25, -0.2) is 0 Å². The molecule has 2 nitrogen and oxygen atoms in total. The third-order valence-electron chi connectivity index (χ3n) is 6.55. The first-order valence-electron chi connectivity index (χ1n) is 8.26. The number of carbonyl (C=O) groups excluding carboxylic acids is 1. The SMILES string of the molecule is O=C1CC2CCC3C4CC=CC4CCC3C2CCN1. The summed E-state index contributed by atoms with van der Waals surface area (Å²) in [4.78, 5) is 11.8. The Morgan fingerprint density at radius 1 is 0.947 bits per heavy atom. The van der Waals surface area contributed by atoms with Crippen molar-refractivity contribution < 1.29 is 4.79 Å². The standard InChI is InChI=1S/C17H25NO/c19-17-10-12-5-7-15-13-3-1-2-11(13)4-6-16(15)14(12)8-9-18-17/h1-2,11-16H,3-10H2,(H,18,19). The molecule has 6 unspecified atom stereocenters. The van der Waals surface area contributed by atoms with Gasteiger partial charge in [0, 0.05) is 13.0 Å². The van der Waals surface area contributed by atoms with E-state index in [1.54, 1.807) is 0 Å². The molecule has 6 atom stereocenters. The second kappa shape index (κ2) is 4.64. The highest BCUT2D eigenvalue weighted by molar-refractivity contribution is 5.76. The minimum atomic E-state index is 0.308. The van der Waals surface area contributed by atoms with Gasteiger partial charge in [-0.15, -0.1) is 0 Å². The van der Waals surface area contributed by atoms with Crippen molar-refractivity contribution in [2.24, 2.45) is 35.5 Å². The molecule has 0 bridgehead atoms. The maximum absolute atomic E-state index is 11.8. The molecule has 2 saturated carbocycles. The molecule has 0 aromatic heterocycles. The van der Waals surface area contributed by atoms with Crippen LogP contribution in [0.3, 0.4) is 0 Å². The monoisotopic (exact) mass is 259 g/mol. The van der Waals surface area contributed by atoms with Crippen molar-refractivity contribution in [2.45, 2.75) is 44.9 Å². The van der Waals surface area contributed by atoms with Crippen molar-refractivity contribution >= 4 is 5.91 Å². The first-order valence-corrected chi connectivity index (χ1v) is 8.26. The molecule has 0 spiro atoms. The van der Waals surface area contributed by atoms with Crippen LogP contribution in [-0.4, -0.2) is 12.5 Å². The number of rotatable bonds is 0. The van der Waals surface area contributed by atoms with E-state index in [0.29, 0.717) is 11.8 Å². The van der Waals surface area contributed by atoms with Crippen molar-refractivity contribution in [2.75, 3.05) is 6.54 Å². The molecule has 1 aliphatic heterocycles. The van der Waals surface area contributed by atoms with E-state index >= 15 is 0 Å². The summed E-state index contributed by atoms with van der Waals surface area (Å²) >= 11 is 0. The lowest BCUT2D eigenvalue weighted by atomic mass is 9.55. The Kier molecular flexibility index (Phi) is 2.93. The molecule has 4 rings (SSSR count). The topological polar surface area (TPSA) is 29.1 Å². The first-order chi connectivity index (χ1) is 9.33. The molecule has 1 heterocycles. The van der Waals surface area contributed by atoms with Gasteiger partial charge in [0.15, 0.2) is 0 Å². The zero-order valence-electron chi connectivity index (χ0n) is 11.7. The predicted octanol–water partition coefficient (Wildman–Crippen LogP) is 3.14. The van der Waals surface area contributed by atoms with Gasteiger partial charge in [0.1, 0.15) is 0 Å². The van der Waals surface area contributed by atoms with E-state index in [2.05, 4.69) is 17.5 Å². The maximum atomic E-state index is 11.8. The minimum Gasteiger partial charge on any atom is -0.356 e. The fraction of sp³-hybridized carbons (Fsp3) is 0.824. The van der Waals surface area contributed by atoms with E-state index in [0.717, 1.165) is 42.6 Å². The number of fused-ring (bicyclic) bond motifs is 5. The molecule has 2 heteroatoms. The fourth-order valence-electron chi connectivity index (χ4n) is 5.77. The van der Waals surface area contributed by atoms with E-state index in [9.17, 15) is 4.79 Å². The summed E-state index contributed by atoms with van der Waals surface area (Å²) in [6.45, 7) is 0.926. The normalized spacial score (nSPS) is 48.7. The van der Waals surface area contributed by atoms with Crippen LogP contribution < -0.4 is 5.32 Å². The Labute approximate surface area is 116 Å². The van der Waals surface area contributed by atoms with Crippen molar-refractivity contribution in [3.63, 3.8) is 0 Å². The number of allylic oxidation sites excluding steroid dienone is 2. The highest BCUT2D eigenvalue weighted by Gasteiger charge is 2.47. The molecule has 0 aromatic rings. The average Bonchev–Trinajstić information content (AvgIpc) is 2.80. The van der Waals surface area contributed by atoms with Gasteiger partial charge >= 0.3 is 0 Å². The van der Waals surface area contributed by atoms with Crippen LogP contribution in [0.4, 0.5) is 0 Å². The van der Waals surface area contributed by atoms with Crippen LogP contribution in [-0.2, 0) is 4.79 Å². The van der Waals surface area contributed by atoms with Crippen LogP contribution in [0.2, 0.25) is 0 Å². The average molecular weight is 259 g/mol. The summed E-state index contributed by atoms with van der Waals surface area (Å²) in [5.74, 6) is 5.56. The summed E-state index contributed by atoms with van der Waals surface area (Å²) < 4.78 is 0. The summed E-state index contributed by atoms with van der Waals surface area (Å²) in [5, 5.41) is 3.09. The number of hydrogen-bond donors (Lipinski definition) is 1. The minimum absolute atomic E-state index is 0.308. The molecule has 104 valence electrons. The molecule has 3 fully saturated rings. The highest BCUT2D eigenvalue weighted by atomic mass is 16.1. The smallest absolute Gasteiger partial charge is 0.220 e. The molecule has 4 aliphatic rings. The zero-order chi connectivity index (χ0) is 12.8. The van der Waals surface area contributed by atoms with Gasteiger partial charge in [0.2, 0.25) is 5.91 Å². The Morgan fingerprint density at radius 3 is 2.74 bits per heavy atom. The van der Waals surface area contributed by atoms with Crippen LogP contribution in [0.15, 0.2) is 12.2 Å². The van der Waals surface area contributed by atoms with Crippen molar-refractivity contribution in [1.82, 2.24) is 5.32 Å². The summed E-state index contributed by atoms with van der Waals surface area (Å²) in [5.41, 5.74) is 0. The zero-order valence-corrected chi connectivity index (χ0v) is 11.7. The maximum Gasteiger partial charge on any atom is 0.220 e. The van der Waals surface area contributed by atoms with Crippen LogP contribution in [0.1, 0.15) is 44.9 Å². The summed E-state index contributed by atoms with van der Waals surface area (Å²) in [7, 11) is 0. The van der Waals surface area contributed by atoms with Gasteiger partial charge in [-0.2, -0.15) is 0 Å². The Hall–Kier alpha value is -0.790. The molecular formula is C17H25NO. The molecule has 0 aromatic carbocycles. The first kappa shape index (κ1) is 12.0. The quantitative estimate of drug-likeness (QED) is 0.665. The van der Waals surface area contributed by atoms with E-state index in [1.165, 1.54) is 38.5 Å². The van der Waals surface area contributed by atoms with Gasteiger partial charge < -0.3 is 5.32 Å². The second-order valence-corrected chi connectivity index (χ2v) is 7.24. The lowest BCUT2D eigenvalue weighted by Crippen LogP contribution is -2.42. The third-order valence-corrected chi connectivity index (χ3v) is 6.55. The molecule has 19 heavy (non-hydrogen) atoms. The van der Waals surface area contributed by atoms with Gasteiger partial charge in [0.25, 0.3) is 0 Å². The fourth-order valence-corrected chi connectivity index (χ4v) is 5.77. The number of amides is 1. The highest BCUT2D eigenvalue weighted by Crippen LogP contribution is 2.55. The van der Waals surface area contributed by atoms with Crippen molar-refractivity contribution in [3.8, 4) is 0 Å². The van der Waals surface area contributed by atoms with Crippen LogP contribution in [0, 0.1) is 35.5 Å². The van der Waals surface area contributed by atoms with Crippen LogP contribution in [0.25, 0.3) is 0 Å². The second-order valence-electron chi connectivity index (χ2n) is 7.24. The molecular weight excluding hydrogens is 234 g/mol. The number of hydrogen-bond acceptors (Lipinski definition) is 1. The van der Waals surface area contributed by atoms with Crippen LogP contribution >= 0.6 is 0 Å². The van der Waals surface area contributed by atoms with Crippen molar-refractivity contribution in [3.05, 3.63) is 12.2 Å². The third kappa shape index (κ3) is 1.95. The summed E-state index contributed by atoms with van der Waals surface area (Å²) in [6.07, 6.45) is 13.8. The lowest BCUT2D eigenvalue weighted by Gasteiger charge is -2.49. The molecule has 1 N–H and O–H groups in total. The molecule has 1 amide bonds. The van der Waals surface area contributed by atoms with Crippen LogP contribution in [0.5, 0.6) is 0 Å². The Morgan fingerprint density at radius 2 is 1.79 bits per heavy atom. The Bertz CT molecular complexity index is 402. The lowest BCUT2D eigenvalue weighted by molar-refractivity contribution is -0.122. The van der Waals surface area contributed by atoms with E-state index in [-0.39, 0.29) is 0 Å². The van der Waals surface area contributed by atoms with E-state index < -0.39 is 0 Å². The number of carbonyl (C=O) groups is 1. The summed E-state index contributed by atoms with van der Waals surface area (Å²) in [6, 6.07) is 0. The molecule has 0 radical (unpaired) electrons. The van der Waals surface area contributed by atoms with Gasteiger partial charge in [-0.05, 0) is 74.0 Å². The van der Waals surface area contributed by atoms with Crippen molar-refractivity contribution in [1.29, 1.82) is 0 Å². The van der Waals surface area contributed by atoms with E-state index in [1.807, 2.05) is 0 Å². The molecule has 3 aliphatic carbocycles. The Balaban J connectivity index is 1.56. The van der Waals surface area contributed by atoms with Gasteiger partial charge in [-0.1, -0.05) is 12.2 Å². The predicted molar refractivity (Wildman–Crippen MR) is 75.4 cm³/mol. The van der Waals surface area contributed by atoms with E-state index in [4.69, 9.17) is 0 Å². The number of nitrogens with one attached hydrogen (secondary N) is 1. The van der Waals surface area contributed by atoms with Gasteiger partial charge in [-0.3, -0.25) is 4.79 Å². The largest absolute Gasteiger partial charge is 0.356 e. The van der Waals surface area contributed by atoms with Gasteiger partial charge in [0.05, 0.1) is 0 Å².